The largest absolute Gasteiger partial charge is 0.195 e. The topological polar surface area (TPSA) is 0 Å². The molecule has 0 atom stereocenters. The summed E-state index contributed by atoms with van der Waals surface area (Å²) < 4.78 is 11.6. The van der Waals surface area contributed by atoms with Crippen LogP contribution in [0.1, 0.15) is 0 Å². The Balaban J connectivity index is 0.000000119. The molecule has 0 N–H and O–H groups in total. The van der Waals surface area contributed by atoms with E-state index in [2.05, 4.69) is 485 Å². The fourth-order valence-corrected chi connectivity index (χ4v) is 33.1. The fourth-order valence-electron chi connectivity index (χ4n) is 15.2. The molecule has 0 radical (unpaired) electrons. The van der Waals surface area contributed by atoms with Gasteiger partial charge in [-0.05, 0) is 0 Å². The van der Waals surface area contributed by atoms with Crippen molar-refractivity contribution in [2.75, 3.05) is 0 Å². The van der Waals surface area contributed by atoms with E-state index in [1.807, 2.05) is 0 Å². The second kappa shape index (κ2) is 33.3. The molecule has 0 fully saturated rings. The third-order valence-corrected chi connectivity index (χ3v) is 37.6. The van der Waals surface area contributed by atoms with Crippen molar-refractivity contribution in [3.05, 3.63) is 485 Å². The van der Waals surface area contributed by atoms with Crippen LogP contribution in [0.15, 0.2) is 485 Å². The quantitative estimate of drug-likeness (QED) is 0.0846. The van der Waals surface area contributed by atoms with Gasteiger partial charge in [-0.15, -0.1) is 0 Å². The molecular weight excluding hydrogens is 1320 g/mol. The van der Waals surface area contributed by atoms with Gasteiger partial charge in [-0.3, -0.25) is 0 Å². The number of hydrogen-bond acceptors (Lipinski definition) is 0. The SMILES string of the molecule is c1ccc([As+](c2ccccc2)(c2ccccc2)c2ccccc2)cc1.c1ccc([As+](c2ccccc2)(c2ccccc2)c2ccccc2)cc1.c1ccc([B-](c2ccccc2)(c2ccccc2)c2ccccc2)cc1.c1ccc([B-](c2ccccc2)(c2ccccc2)c2ccccc2)cc1. The van der Waals surface area contributed by atoms with Crippen LogP contribution in [-0.4, -0.2) is 39.4 Å². The molecule has 0 nitrogen and oxygen atoms in total. The monoisotopic (exact) mass is 1400 g/mol. The van der Waals surface area contributed by atoms with Gasteiger partial charge in [0.15, 0.2) is 0 Å². The maximum absolute atomic E-state index is 2.77. The Bertz CT molecular complexity index is 3660. The zero-order chi connectivity index (χ0) is 67.8. The first kappa shape index (κ1) is 67.3. The van der Waals surface area contributed by atoms with Crippen molar-refractivity contribution in [1.29, 1.82) is 0 Å². The molecule has 4 heteroatoms. The smallest absolute Gasteiger partial charge is 0.108 e. The maximum Gasteiger partial charge on any atom is 0.108 e. The van der Waals surface area contributed by atoms with E-state index in [1.165, 1.54) is 78.5 Å². The minimum absolute atomic E-state index is 1.22. The van der Waals surface area contributed by atoms with Crippen molar-refractivity contribution in [2.24, 2.45) is 0 Å². The van der Waals surface area contributed by atoms with Gasteiger partial charge in [-0.2, -0.15) is 43.7 Å². The van der Waals surface area contributed by atoms with Gasteiger partial charge in [0.2, 0.25) is 0 Å². The number of benzene rings is 16. The molecule has 16 aromatic carbocycles. The van der Waals surface area contributed by atoms with Crippen LogP contribution in [0.25, 0.3) is 0 Å². The summed E-state index contributed by atoms with van der Waals surface area (Å²) in [7, 11) is 0. The molecule has 0 saturated heterocycles. The molecule has 0 aliphatic rings. The Labute approximate surface area is 598 Å². The summed E-state index contributed by atoms with van der Waals surface area (Å²) in [5.74, 6) is 0. The molecule has 0 aliphatic heterocycles. The van der Waals surface area contributed by atoms with Gasteiger partial charge in [0.25, 0.3) is 0 Å². The van der Waals surface area contributed by atoms with Crippen LogP contribution >= 0.6 is 0 Å². The molecule has 0 saturated carbocycles. The Hall–Kier alpha value is -11.2. The summed E-state index contributed by atoms with van der Waals surface area (Å²) >= 11 is -5.54. The van der Waals surface area contributed by atoms with E-state index in [4.69, 9.17) is 0 Å². The van der Waals surface area contributed by atoms with Crippen molar-refractivity contribution < 1.29 is 0 Å². The standard InChI is InChI=1S/2C24H20As.2C24H20B/c4*1-5-13-21(14-6-1)25(22-15-7-2-8-16-22,23-17-9-3-10-18-23)24-19-11-4-12-20-24/h4*1-20H/q2*+1;2*-1. The minimum atomic E-state index is -2.77. The summed E-state index contributed by atoms with van der Waals surface area (Å²) in [4.78, 5) is 0. The zero-order valence-corrected chi connectivity index (χ0v) is 60.0. The molecule has 16 aromatic rings. The van der Waals surface area contributed by atoms with Crippen LogP contribution in [0.4, 0.5) is 0 Å². The van der Waals surface area contributed by atoms with Crippen LogP contribution < -0.4 is 78.5 Å². The third-order valence-electron chi connectivity index (χ3n) is 19.5. The molecule has 0 spiro atoms. The van der Waals surface area contributed by atoms with Crippen LogP contribution in [0.5, 0.6) is 0 Å². The second-order valence-electron chi connectivity index (χ2n) is 25.0. The van der Waals surface area contributed by atoms with Crippen molar-refractivity contribution in [1.82, 2.24) is 0 Å². The molecule has 480 valence electrons. The van der Waals surface area contributed by atoms with Gasteiger partial charge in [0.05, 0.1) is 0 Å². The van der Waals surface area contributed by atoms with E-state index in [9.17, 15) is 0 Å². The van der Waals surface area contributed by atoms with E-state index in [0.29, 0.717) is 0 Å². The summed E-state index contributed by atoms with van der Waals surface area (Å²) in [5.41, 5.74) is 10.7. The normalized spacial score (nSPS) is 11.2. The van der Waals surface area contributed by atoms with Crippen LogP contribution in [0, 0.1) is 0 Å². The predicted octanol–water partition coefficient (Wildman–Crippen LogP) is 12.3. The van der Waals surface area contributed by atoms with Crippen molar-refractivity contribution >= 4 is 118 Å². The van der Waals surface area contributed by atoms with Crippen LogP contribution in [-0.2, 0) is 0 Å². The van der Waals surface area contributed by atoms with Gasteiger partial charge >= 0.3 is 305 Å². The average Bonchev–Trinajstić information content (AvgIpc) is 0.765. The van der Waals surface area contributed by atoms with E-state index in [-0.39, 0.29) is 0 Å². The third kappa shape index (κ3) is 14.1. The first-order chi connectivity index (χ1) is 49.7. The first-order valence-corrected chi connectivity index (χ1v) is 42.2. The van der Waals surface area contributed by atoms with Gasteiger partial charge in [0, 0.05) is 0 Å². The molecular formula is C96H80As2B2. The number of rotatable bonds is 16. The maximum atomic E-state index is 2.31. The van der Waals surface area contributed by atoms with Crippen LogP contribution in [0.3, 0.4) is 0 Å². The molecule has 0 aromatic heterocycles. The van der Waals surface area contributed by atoms with E-state index in [1.54, 1.807) is 0 Å². The summed E-state index contributed by atoms with van der Waals surface area (Å²) in [5, 5.41) is 0. The molecule has 0 unspecified atom stereocenters. The van der Waals surface area contributed by atoms with Gasteiger partial charge in [-0.1, -0.05) is 243 Å². The Morgan fingerprint density at radius 1 is 0.100 bits per heavy atom. The first-order valence-electron chi connectivity index (χ1n) is 34.7. The van der Waals surface area contributed by atoms with Crippen molar-refractivity contribution in [3.63, 3.8) is 0 Å². The Morgan fingerprint density at radius 3 is 0.270 bits per heavy atom. The molecule has 100 heavy (non-hydrogen) atoms. The fraction of sp³-hybridized carbons (Fsp3) is 0. The average molecular weight is 1410 g/mol. The van der Waals surface area contributed by atoms with Gasteiger partial charge in [0.1, 0.15) is 12.3 Å². The van der Waals surface area contributed by atoms with Gasteiger partial charge in [-0.25, -0.2) is 0 Å². The zero-order valence-electron chi connectivity index (χ0n) is 56.2. The van der Waals surface area contributed by atoms with Gasteiger partial charge < -0.3 is 0 Å². The van der Waals surface area contributed by atoms with E-state index in [0.717, 1.165) is 0 Å². The van der Waals surface area contributed by atoms with E-state index >= 15 is 0 Å². The molecule has 0 bridgehead atoms. The molecule has 0 heterocycles. The molecule has 0 aliphatic carbocycles. The summed E-state index contributed by atoms with van der Waals surface area (Å²) in [6, 6.07) is 175. The summed E-state index contributed by atoms with van der Waals surface area (Å²) in [6.45, 7) is 0. The van der Waals surface area contributed by atoms with E-state index < -0.39 is 39.4 Å². The van der Waals surface area contributed by atoms with Crippen LogP contribution in [0.2, 0.25) is 0 Å². The predicted molar refractivity (Wildman–Crippen MR) is 440 cm³/mol. The Kier molecular flexibility index (Phi) is 22.5. The Morgan fingerprint density at radius 2 is 0.180 bits per heavy atom. The second-order valence-corrected chi connectivity index (χ2v) is 39.3. The molecule has 16 rings (SSSR count). The van der Waals surface area contributed by atoms with Crippen molar-refractivity contribution in [2.45, 2.75) is 0 Å². The van der Waals surface area contributed by atoms with Crippen molar-refractivity contribution in [3.8, 4) is 0 Å². The minimum Gasteiger partial charge on any atom is -0.195 e. The number of hydrogen-bond donors (Lipinski definition) is 0. The molecule has 0 amide bonds. The summed E-state index contributed by atoms with van der Waals surface area (Å²) in [6.07, 6.45) is -2.43.